The molecule has 4 heterocycles. The number of rotatable bonds is 11. The molecule has 55 heavy (non-hydrogen) atoms. The van der Waals surface area contributed by atoms with Crippen molar-refractivity contribution in [3.63, 3.8) is 0 Å². The van der Waals surface area contributed by atoms with Crippen LogP contribution in [0.3, 0.4) is 0 Å². The zero-order chi connectivity index (χ0) is 38.6. The van der Waals surface area contributed by atoms with Crippen molar-refractivity contribution in [2.75, 3.05) is 19.6 Å². The van der Waals surface area contributed by atoms with Crippen molar-refractivity contribution >= 4 is 34.7 Å². The van der Waals surface area contributed by atoms with E-state index in [0.29, 0.717) is 5.56 Å². The van der Waals surface area contributed by atoms with Gasteiger partial charge in [-0.15, -0.1) is 6.58 Å². The number of hydrogen-bond acceptors (Lipinski definition) is 7. The monoisotopic (exact) mass is 740 g/mol. The van der Waals surface area contributed by atoms with E-state index >= 15 is 0 Å². The van der Waals surface area contributed by atoms with Crippen LogP contribution in [0.1, 0.15) is 38.4 Å². The number of aromatic hydroxyl groups is 1. The minimum Gasteiger partial charge on any atom is -0.508 e. The number of hydrazine groups is 1. The summed E-state index contributed by atoms with van der Waals surface area (Å²) in [6.45, 7) is 6.64. The van der Waals surface area contributed by atoms with E-state index in [1.165, 1.54) is 0 Å². The molecule has 2 aliphatic heterocycles. The second kappa shape index (κ2) is 15.9. The summed E-state index contributed by atoms with van der Waals surface area (Å²) < 4.78 is 1.89. The maximum absolute atomic E-state index is 14.6. The molecule has 282 valence electrons. The zero-order valence-corrected chi connectivity index (χ0v) is 30.9. The molecule has 3 aromatic carbocycles. The molecule has 0 aliphatic carbocycles. The lowest BCUT2D eigenvalue weighted by molar-refractivity contribution is -0.189. The van der Waals surface area contributed by atoms with Gasteiger partial charge < -0.3 is 30.1 Å². The lowest BCUT2D eigenvalue weighted by atomic mass is 9.98. The lowest BCUT2D eigenvalue weighted by Crippen LogP contribution is -2.76. The zero-order valence-electron chi connectivity index (χ0n) is 30.9. The number of benzene rings is 3. The van der Waals surface area contributed by atoms with E-state index in [1.807, 2.05) is 85.3 Å². The van der Waals surface area contributed by atoms with Gasteiger partial charge in [0.05, 0.1) is 36.4 Å². The van der Waals surface area contributed by atoms with Crippen LogP contribution in [0.2, 0.25) is 0 Å². The molecule has 2 aliphatic rings. The van der Waals surface area contributed by atoms with E-state index in [0.717, 1.165) is 39.0 Å². The Balaban J connectivity index is 1.21. The number of para-hydroxylation sites is 1. The minimum absolute atomic E-state index is 0.0424. The molecule has 3 N–H and O–H groups in total. The molecular formula is C42H44N8O5. The third kappa shape index (κ3) is 7.78. The van der Waals surface area contributed by atoms with Crippen LogP contribution in [0.15, 0.2) is 110 Å². The number of nitrogens with zero attached hydrogens (tertiary/aromatic N) is 6. The number of pyridine rings is 1. The third-order valence-corrected chi connectivity index (χ3v) is 10.1. The van der Waals surface area contributed by atoms with Crippen molar-refractivity contribution in [2.45, 2.75) is 45.2 Å². The van der Waals surface area contributed by atoms with Gasteiger partial charge in [0.25, 0.3) is 5.91 Å². The summed E-state index contributed by atoms with van der Waals surface area (Å²) >= 11 is 0. The molecule has 2 aromatic heterocycles. The Kier molecular flexibility index (Phi) is 10.6. The first-order valence-corrected chi connectivity index (χ1v) is 18.2. The SMILES string of the molecule is C=CCN1CC(=O)N2[C@@H](Cc3ccc(O)cc3)C(=O)N(Cc3cccc4c(C(=O)NCc5cccc(C)n5)cn(C)c34)C[C@@H]2N1C(=O)NCc1ccccc1. The van der Waals surface area contributed by atoms with Crippen LogP contribution in [0.25, 0.3) is 10.9 Å². The quantitative estimate of drug-likeness (QED) is 0.172. The smallest absolute Gasteiger partial charge is 0.334 e. The van der Waals surface area contributed by atoms with Crippen molar-refractivity contribution in [2.24, 2.45) is 7.05 Å². The number of aromatic nitrogens is 2. The highest BCUT2D eigenvalue weighted by molar-refractivity contribution is 6.07. The first-order valence-electron chi connectivity index (χ1n) is 18.2. The molecule has 7 rings (SSSR count). The highest BCUT2D eigenvalue weighted by Crippen LogP contribution is 2.32. The second-order valence-electron chi connectivity index (χ2n) is 13.9. The maximum atomic E-state index is 14.6. The average molecular weight is 741 g/mol. The van der Waals surface area contributed by atoms with E-state index in [9.17, 15) is 24.3 Å². The molecule has 5 aromatic rings. The molecule has 0 bridgehead atoms. The van der Waals surface area contributed by atoms with Gasteiger partial charge in [0.2, 0.25) is 11.8 Å². The molecule has 5 amide bonds. The molecule has 13 heteroatoms. The van der Waals surface area contributed by atoms with Gasteiger partial charge in [-0.2, -0.15) is 0 Å². The number of fused-ring (bicyclic) bond motifs is 2. The molecular weight excluding hydrogens is 697 g/mol. The topological polar surface area (TPSA) is 143 Å². The molecule has 0 saturated carbocycles. The van der Waals surface area contributed by atoms with Crippen LogP contribution in [0.4, 0.5) is 4.79 Å². The third-order valence-electron chi connectivity index (χ3n) is 10.1. The Bertz CT molecular complexity index is 2240. The first kappa shape index (κ1) is 36.9. The van der Waals surface area contributed by atoms with Crippen molar-refractivity contribution in [3.8, 4) is 5.75 Å². The number of urea groups is 1. The Hall–Kier alpha value is -6.47. The number of amides is 5. The van der Waals surface area contributed by atoms with E-state index < -0.39 is 18.2 Å². The molecule has 0 spiro atoms. The van der Waals surface area contributed by atoms with Crippen LogP contribution >= 0.6 is 0 Å². The normalized spacial score (nSPS) is 17.3. The fourth-order valence-electron chi connectivity index (χ4n) is 7.58. The number of phenols is 1. The Morgan fingerprint density at radius 1 is 0.927 bits per heavy atom. The number of hydrogen-bond donors (Lipinski definition) is 3. The van der Waals surface area contributed by atoms with Crippen molar-refractivity contribution in [3.05, 3.63) is 143 Å². The Morgan fingerprint density at radius 3 is 2.44 bits per heavy atom. The van der Waals surface area contributed by atoms with Gasteiger partial charge in [-0.3, -0.25) is 19.4 Å². The summed E-state index contributed by atoms with van der Waals surface area (Å²) in [6, 6.07) is 26.1. The van der Waals surface area contributed by atoms with Gasteiger partial charge in [0.15, 0.2) is 0 Å². The fourth-order valence-corrected chi connectivity index (χ4v) is 7.58. The van der Waals surface area contributed by atoms with Gasteiger partial charge in [0.1, 0.15) is 18.0 Å². The van der Waals surface area contributed by atoms with Gasteiger partial charge in [0, 0.05) is 50.4 Å². The van der Waals surface area contributed by atoms with Gasteiger partial charge in [-0.05, 0) is 47.9 Å². The predicted octanol–water partition coefficient (Wildman–Crippen LogP) is 4.25. The number of phenolic OH excluding ortho intramolecular Hbond substituents is 1. The van der Waals surface area contributed by atoms with Crippen molar-refractivity contribution < 1.29 is 24.3 Å². The van der Waals surface area contributed by atoms with Crippen LogP contribution in [-0.2, 0) is 42.7 Å². The number of aryl methyl sites for hydroxylation is 2. The highest BCUT2D eigenvalue weighted by atomic mass is 16.3. The van der Waals surface area contributed by atoms with Gasteiger partial charge >= 0.3 is 6.03 Å². The lowest BCUT2D eigenvalue weighted by Gasteiger charge is -2.55. The van der Waals surface area contributed by atoms with Gasteiger partial charge in [-0.25, -0.2) is 14.8 Å². The van der Waals surface area contributed by atoms with E-state index in [4.69, 9.17) is 0 Å². The van der Waals surface area contributed by atoms with E-state index in [1.54, 1.807) is 56.4 Å². The Morgan fingerprint density at radius 2 is 1.69 bits per heavy atom. The molecule has 0 unspecified atom stereocenters. The average Bonchev–Trinajstić information content (AvgIpc) is 3.53. The van der Waals surface area contributed by atoms with Crippen molar-refractivity contribution in [1.29, 1.82) is 0 Å². The maximum Gasteiger partial charge on any atom is 0.334 e. The first-order chi connectivity index (χ1) is 26.6. The van der Waals surface area contributed by atoms with Gasteiger partial charge in [-0.1, -0.05) is 72.8 Å². The summed E-state index contributed by atoms with van der Waals surface area (Å²) in [4.78, 5) is 64.0. The van der Waals surface area contributed by atoms with Crippen LogP contribution < -0.4 is 10.6 Å². The number of piperazine rings is 1. The number of carbonyl (C=O) groups excluding carboxylic acids is 4. The number of nitrogens with one attached hydrogen (secondary N) is 2. The highest BCUT2D eigenvalue weighted by Gasteiger charge is 2.51. The summed E-state index contributed by atoms with van der Waals surface area (Å²) in [5.41, 5.74) is 5.37. The van der Waals surface area contributed by atoms with E-state index in [2.05, 4.69) is 22.2 Å². The number of carbonyl (C=O) groups is 4. The van der Waals surface area contributed by atoms with Crippen LogP contribution in [0.5, 0.6) is 5.75 Å². The fraction of sp³-hybridized carbons (Fsp3) is 0.262. The molecule has 2 saturated heterocycles. The van der Waals surface area contributed by atoms with E-state index in [-0.39, 0.29) is 69.2 Å². The summed E-state index contributed by atoms with van der Waals surface area (Å²) in [6.07, 6.45) is 2.77. The predicted molar refractivity (Wildman–Crippen MR) is 207 cm³/mol. The van der Waals surface area contributed by atoms with Crippen molar-refractivity contribution in [1.82, 2.24) is 40.0 Å². The molecule has 13 nitrogen and oxygen atoms in total. The second-order valence-corrected chi connectivity index (χ2v) is 13.9. The summed E-state index contributed by atoms with van der Waals surface area (Å²) in [5, 5.41) is 19.9. The molecule has 2 fully saturated rings. The summed E-state index contributed by atoms with van der Waals surface area (Å²) in [5.74, 6) is -0.708. The largest absolute Gasteiger partial charge is 0.508 e. The minimum atomic E-state index is -0.935. The van der Waals surface area contributed by atoms with Crippen LogP contribution in [-0.4, -0.2) is 90.1 Å². The van der Waals surface area contributed by atoms with Crippen LogP contribution in [0, 0.1) is 6.92 Å². The standard InChI is InChI=1S/C42H44N8O5/c1-4-20-48-27-38(52)49-36(21-29-16-18-33(51)19-17-29)41(54)47(26-37(49)50(48)42(55)44-22-30-11-6-5-7-12-30)24-31-13-9-15-34-35(25-46(3)39(31)34)40(53)43-23-32-14-8-10-28(2)45-32/h4-19,25,36-37,51H,1,20-24,26-27H2,2-3H3,(H,43,53)(H,44,55)/t36-,37-/m0/s1. The summed E-state index contributed by atoms with van der Waals surface area (Å²) in [7, 11) is 1.86. The molecule has 2 atom stereocenters. The molecule has 0 radical (unpaired) electrons. The Labute approximate surface area is 319 Å².